The molecular formula is C23H24N2O2. The third kappa shape index (κ3) is 4.53. The Kier molecular flexibility index (Phi) is 5.55. The summed E-state index contributed by atoms with van der Waals surface area (Å²) in [6.07, 6.45) is 1.04. The van der Waals surface area contributed by atoms with Crippen molar-refractivity contribution in [3.8, 4) is 5.75 Å². The maximum atomic E-state index is 12.3. The van der Waals surface area contributed by atoms with Gasteiger partial charge in [0, 0.05) is 5.56 Å². The van der Waals surface area contributed by atoms with Crippen molar-refractivity contribution in [3.05, 3.63) is 76.9 Å². The molecule has 3 aromatic rings. The Morgan fingerprint density at radius 3 is 2.37 bits per heavy atom. The molecule has 1 N–H and O–H groups in total. The van der Waals surface area contributed by atoms with Crippen LogP contribution in [0.4, 0.5) is 0 Å². The van der Waals surface area contributed by atoms with Gasteiger partial charge in [-0.05, 0) is 61.7 Å². The van der Waals surface area contributed by atoms with Gasteiger partial charge < -0.3 is 4.74 Å². The van der Waals surface area contributed by atoms with E-state index in [2.05, 4.69) is 29.6 Å². The molecule has 0 aliphatic rings. The van der Waals surface area contributed by atoms with Crippen LogP contribution in [-0.4, -0.2) is 18.2 Å². The molecule has 0 fully saturated rings. The summed E-state index contributed by atoms with van der Waals surface area (Å²) < 4.78 is 5.76. The lowest BCUT2D eigenvalue weighted by molar-refractivity contribution is -0.127. The maximum absolute atomic E-state index is 12.3. The summed E-state index contributed by atoms with van der Waals surface area (Å²) in [5.74, 6) is 0.368. The second-order valence-corrected chi connectivity index (χ2v) is 6.82. The number of hydrogen-bond acceptors (Lipinski definition) is 3. The first-order valence-corrected chi connectivity index (χ1v) is 9.00. The zero-order valence-electron chi connectivity index (χ0n) is 16.1. The molecule has 4 heteroatoms. The number of rotatable bonds is 5. The molecule has 1 atom stereocenters. The monoisotopic (exact) mass is 360 g/mol. The number of carbonyl (C=O) groups excluding carboxylic acids is 1. The fraction of sp³-hybridized carbons (Fsp3) is 0.217. The maximum Gasteiger partial charge on any atom is 0.280 e. The van der Waals surface area contributed by atoms with E-state index in [0.29, 0.717) is 5.75 Å². The van der Waals surface area contributed by atoms with E-state index in [1.807, 2.05) is 56.3 Å². The van der Waals surface area contributed by atoms with E-state index in [9.17, 15) is 4.79 Å². The lowest BCUT2D eigenvalue weighted by Crippen LogP contribution is -2.33. The van der Waals surface area contributed by atoms with E-state index in [1.54, 1.807) is 13.1 Å². The Balaban J connectivity index is 1.63. The van der Waals surface area contributed by atoms with Crippen LogP contribution in [-0.2, 0) is 4.79 Å². The summed E-state index contributed by atoms with van der Waals surface area (Å²) in [6, 6.07) is 18.0. The summed E-state index contributed by atoms with van der Waals surface area (Å²) in [5.41, 5.74) is 7.05. The molecule has 1 amide bonds. The Morgan fingerprint density at radius 2 is 1.67 bits per heavy atom. The molecule has 0 saturated heterocycles. The molecule has 0 aliphatic carbocycles. The van der Waals surface area contributed by atoms with E-state index in [1.165, 1.54) is 5.56 Å². The van der Waals surface area contributed by atoms with Gasteiger partial charge in [-0.2, -0.15) is 5.10 Å². The van der Waals surface area contributed by atoms with Crippen molar-refractivity contribution in [1.29, 1.82) is 0 Å². The second kappa shape index (κ2) is 8.04. The first kappa shape index (κ1) is 18.6. The Labute approximate surface area is 159 Å². The number of fused-ring (bicyclic) bond motifs is 1. The summed E-state index contributed by atoms with van der Waals surface area (Å²) in [6.45, 7) is 7.85. The Bertz CT molecular complexity index is 985. The average Bonchev–Trinajstić information content (AvgIpc) is 2.63. The highest BCUT2D eigenvalue weighted by Gasteiger charge is 2.14. The number of ether oxygens (including phenoxy) is 1. The molecule has 0 spiro atoms. The smallest absolute Gasteiger partial charge is 0.280 e. The van der Waals surface area contributed by atoms with Crippen molar-refractivity contribution in [2.75, 3.05) is 0 Å². The van der Waals surface area contributed by atoms with Gasteiger partial charge in [0.2, 0.25) is 0 Å². The highest BCUT2D eigenvalue weighted by Crippen LogP contribution is 2.21. The minimum Gasteiger partial charge on any atom is -0.481 e. The van der Waals surface area contributed by atoms with Gasteiger partial charge in [-0.25, -0.2) is 5.43 Å². The molecule has 0 saturated carbocycles. The Hall–Kier alpha value is -3.14. The van der Waals surface area contributed by atoms with Crippen molar-refractivity contribution >= 4 is 22.9 Å². The number of aryl methyl sites for hydroxylation is 3. The fourth-order valence-electron chi connectivity index (χ4n) is 3.14. The first-order valence-electron chi connectivity index (χ1n) is 9.00. The van der Waals surface area contributed by atoms with Gasteiger partial charge in [0.05, 0.1) is 6.21 Å². The van der Waals surface area contributed by atoms with E-state index in [0.717, 1.165) is 27.5 Å². The van der Waals surface area contributed by atoms with Gasteiger partial charge in [-0.1, -0.05) is 48.0 Å². The van der Waals surface area contributed by atoms with Gasteiger partial charge in [0.25, 0.3) is 5.91 Å². The molecule has 0 aliphatic heterocycles. The molecule has 0 heterocycles. The topological polar surface area (TPSA) is 50.7 Å². The van der Waals surface area contributed by atoms with Crippen molar-refractivity contribution in [2.45, 2.75) is 33.8 Å². The van der Waals surface area contributed by atoms with Gasteiger partial charge in [0.15, 0.2) is 6.10 Å². The van der Waals surface area contributed by atoms with Crippen LogP contribution in [0.5, 0.6) is 5.75 Å². The molecule has 138 valence electrons. The van der Waals surface area contributed by atoms with Crippen LogP contribution in [0, 0.1) is 20.8 Å². The van der Waals surface area contributed by atoms with Crippen LogP contribution < -0.4 is 10.2 Å². The molecule has 0 bridgehead atoms. The molecular weight excluding hydrogens is 336 g/mol. The minimum atomic E-state index is -0.650. The van der Waals surface area contributed by atoms with Crippen molar-refractivity contribution in [3.63, 3.8) is 0 Å². The molecule has 4 nitrogen and oxygen atoms in total. The van der Waals surface area contributed by atoms with Crippen LogP contribution in [0.15, 0.2) is 59.7 Å². The van der Waals surface area contributed by atoms with E-state index in [4.69, 9.17) is 4.74 Å². The number of benzene rings is 3. The van der Waals surface area contributed by atoms with Crippen LogP contribution in [0.25, 0.3) is 10.8 Å². The van der Waals surface area contributed by atoms with Crippen molar-refractivity contribution < 1.29 is 9.53 Å². The Morgan fingerprint density at radius 1 is 1.00 bits per heavy atom. The number of nitrogens with one attached hydrogen (secondary N) is 1. The van der Waals surface area contributed by atoms with Gasteiger partial charge in [-0.3, -0.25) is 4.79 Å². The molecule has 0 radical (unpaired) electrons. The predicted molar refractivity (Wildman–Crippen MR) is 110 cm³/mol. The number of hydrogen-bond donors (Lipinski definition) is 1. The number of carbonyl (C=O) groups is 1. The normalized spacial score (nSPS) is 12.3. The van der Waals surface area contributed by atoms with E-state index >= 15 is 0 Å². The summed E-state index contributed by atoms with van der Waals surface area (Å²) >= 11 is 0. The number of hydrazone groups is 1. The molecule has 3 aromatic carbocycles. The number of nitrogens with zero attached hydrogens (tertiary/aromatic N) is 1. The van der Waals surface area contributed by atoms with Crippen molar-refractivity contribution in [2.24, 2.45) is 5.10 Å². The fourth-order valence-corrected chi connectivity index (χ4v) is 3.14. The van der Waals surface area contributed by atoms with Gasteiger partial charge in [-0.15, -0.1) is 0 Å². The van der Waals surface area contributed by atoms with Gasteiger partial charge in [0.1, 0.15) is 5.75 Å². The molecule has 3 rings (SSSR count). The highest BCUT2D eigenvalue weighted by molar-refractivity contribution is 5.87. The van der Waals surface area contributed by atoms with Crippen LogP contribution >= 0.6 is 0 Å². The summed E-state index contributed by atoms with van der Waals surface area (Å²) in [4.78, 5) is 12.3. The van der Waals surface area contributed by atoms with Crippen LogP contribution in [0.2, 0.25) is 0 Å². The summed E-state index contributed by atoms with van der Waals surface area (Å²) in [5, 5.41) is 6.31. The lowest BCUT2D eigenvalue weighted by atomic mass is 10.0. The van der Waals surface area contributed by atoms with Gasteiger partial charge >= 0.3 is 0 Å². The molecule has 27 heavy (non-hydrogen) atoms. The lowest BCUT2D eigenvalue weighted by Gasteiger charge is -2.13. The van der Waals surface area contributed by atoms with Crippen molar-refractivity contribution in [1.82, 2.24) is 5.43 Å². The zero-order valence-corrected chi connectivity index (χ0v) is 16.1. The van der Waals surface area contributed by atoms with E-state index in [-0.39, 0.29) is 5.91 Å². The largest absolute Gasteiger partial charge is 0.481 e. The standard InChI is InChI=1S/C23H24N2O2/c1-15-11-16(2)22(17(3)12-15)14-24-25-23(26)18(4)27-21-10-9-19-7-5-6-8-20(19)13-21/h5-14,18H,1-4H3,(H,25,26). The minimum absolute atomic E-state index is 0.290. The van der Waals surface area contributed by atoms with E-state index < -0.39 is 6.10 Å². The molecule has 0 aromatic heterocycles. The third-order valence-corrected chi connectivity index (χ3v) is 4.51. The van der Waals surface area contributed by atoms with Crippen LogP contribution in [0.1, 0.15) is 29.2 Å². The highest BCUT2D eigenvalue weighted by atomic mass is 16.5. The SMILES string of the molecule is Cc1cc(C)c(C=NNC(=O)C(C)Oc2ccc3ccccc3c2)c(C)c1. The quantitative estimate of drug-likeness (QED) is 0.530. The first-order chi connectivity index (χ1) is 12.9. The average molecular weight is 360 g/mol. The second-order valence-electron chi connectivity index (χ2n) is 6.82. The summed E-state index contributed by atoms with van der Waals surface area (Å²) in [7, 11) is 0. The zero-order chi connectivity index (χ0) is 19.4. The number of amides is 1. The van der Waals surface area contributed by atoms with Crippen LogP contribution in [0.3, 0.4) is 0 Å². The predicted octanol–water partition coefficient (Wildman–Crippen LogP) is 4.68. The third-order valence-electron chi connectivity index (χ3n) is 4.51. The molecule has 1 unspecified atom stereocenters.